The summed E-state index contributed by atoms with van der Waals surface area (Å²) in [5.74, 6) is -6.12. The number of rotatable bonds is 4. The highest BCUT2D eigenvalue weighted by atomic mass is 19.4. The van der Waals surface area contributed by atoms with E-state index in [1.54, 1.807) is 0 Å². The number of nitroso groups, excluding NO2 is 1. The number of aromatic nitrogens is 1. The van der Waals surface area contributed by atoms with Crippen LogP contribution in [0.3, 0.4) is 0 Å². The summed E-state index contributed by atoms with van der Waals surface area (Å²) in [6, 6.07) is 2.33. The Morgan fingerprint density at radius 1 is 1.28 bits per heavy atom. The van der Waals surface area contributed by atoms with Crippen LogP contribution in [0.4, 0.5) is 27.8 Å². The van der Waals surface area contributed by atoms with E-state index in [-0.39, 0.29) is 0 Å². The molecule has 0 radical (unpaired) electrons. The quantitative estimate of drug-likeness (QED) is 0.622. The van der Waals surface area contributed by atoms with E-state index >= 15 is 0 Å². The SMILES string of the molecule is Cc1ccc(OCC(F)(F)C(F)(F)F)c(N=O)n1. The summed E-state index contributed by atoms with van der Waals surface area (Å²) in [4.78, 5) is 13.8. The van der Waals surface area contributed by atoms with Gasteiger partial charge in [-0.1, -0.05) is 0 Å². The van der Waals surface area contributed by atoms with E-state index < -0.39 is 30.3 Å². The van der Waals surface area contributed by atoms with Gasteiger partial charge in [0.1, 0.15) is 0 Å². The summed E-state index contributed by atoms with van der Waals surface area (Å²) in [6.07, 6.45) is -5.72. The van der Waals surface area contributed by atoms with Crippen molar-refractivity contribution in [2.45, 2.75) is 19.0 Å². The van der Waals surface area contributed by atoms with E-state index in [2.05, 4.69) is 14.9 Å². The normalized spacial score (nSPS) is 12.3. The first-order chi connectivity index (χ1) is 8.17. The van der Waals surface area contributed by atoms with Crippen LogP contribution in [0.25, 0.3) is 0 Å². The number of hydrogen-bond donors (Lipinski definition) is 0. The van der Waals surface area contributed by atoms with E-state index in [9.17, 15) is 26.9 Å². The van der Waals surface area contributed by atoms with Crippen LogP contribution in [-0.2, 0) is 0 Å². The molecule has 0 fully saturated rings. The maximum atomic E-state index is 12.6. The van der Waals surface area contributed by atoms with Crippen LogP contribution in [0.2, 0.25) is 0 Å². The summed E-state index contributed by atoms with van der Waals surface area (Å²) < 4.78 is 64.9. The number of nitrogens with zero attached hydrogens (tertiary/aromatic N) is 2. The summed E-state index contributed by atoms with van der Waals surface area (Å²) in [5.41, 5.74) is 0.347. The van der Waals surface area contributed by atoms with E-state index in [0.717, 1.165) is 6.07 Å². The zero-order valence-corrected chi connectivity index (χ0v) is 8.96. The predicted octanol–water partition coefficient (Wildman–Crippen LogP) is 3.36. The Labute approximate surface area is 97.7 Å². The molecule has 0 saturated heterocycles. The van der Waals surface area contributed by atoms with Gasteiger partial charge in [0.2, 0.25) is 5.82 Å². The smallest absolute Gasteiger partial charge is 0.456 e. The third kappa shape index (κ3) is 3.11. The van der Waals surface area contributed by atoms with Crippen molar-refractivity contribution in [3.8, 4) is 5.75 Å². The third-order valence-corrected chi connectivity index (χ3v) is 1.89. The zero-order valence-electron chi connectivity index (χ0n) is 8.96. The lowest BCUT2D eigenvalue weighted by atomic mass is 10.3. The highest BCUT2D eigenvalue weighted by Crippen LogP contribution is 2.36. The molecule has 0 atom stereocenters. The Morgan fingerprint density at radius 2 is 1.89 bits per heavy atom. The van der Waals surface area contributed by atoms with Crippen LogP contribution >= 0.6 is 0 Å². The van der Waals surface area contributed by atoms with E-state index in [4.69, 9.17) is 0 Å². The minimum absolute atomic E-state index is 0.347. The Kier molecular flexibility index (Phi) is 3.82. The Hall–Kier alpha value is -1.80. The number of alkyl halides is 5. The van der Waals surface area contributed by atoms with Crippen molar-refractivity contribution >= 4 is 5.82 Å². The molecule has 0 unspecified atom stereocenters. The molecule has 4 nitrogen and oxygen atoms in total. The molecule has 0 N–H and O–H groups in total. The molecule has 0 aliphatic rings. The Morgan fingerprint density at radius 3 is 2.39 bits per heavy atom. The van der Waals surface area contributed by atoms with Gasteiger partial charge in [0.25, 0.3) is 0 Å². The molecule has 100 valence electrons. The topological polar surface area (TPSA) is 51.5 Å². The Bertz CT molecular complexity index is 447. The van der Waals surface area contributed by atoms with Crippen LogP contribution in [0.15, 0.2) is 17.3 Å². The largest absolute Gasteiger partial charge is 0.483 e. The number of halogens is 5. The lowest BCUT2D eigenvalue weighted by molar-refractivity contribution is -0.289. The van der Waals surface area contributed by atoms with Gasteiger partial charge in [-0.25, -0.2) is 4.98 Å². The minimum Gasteiger partial charge on any atom is -0.483 e. The number of pyridine rings is 1. The first-order valence-electron chi connectivity index (χ1n) is 4.56. The van der Waals surface area contributed by atoms with Gasteiger partial charge in [-0.05, 0) is 24.2 Å². The van der Waals surface area contributed by atoms with E-state index in [0.29, 0.717) is 5.69 Å². The molecule has 18 heavy (non-hydrogen) atoms. The lowest BCUT2D eigenvalue weighted by Crippen LogP contribution is -2.41. The van der Waals surface area contributed by atoms with Gasteiger partial charge in [0.05, 0.1) is 0 Å². The van der Waals surface area contributed by atoms with Crippen LogP contribution in [0.5, 0.6) is 5.75 Å². The second-order valence-electron chi connectivity index (χ2n) is 3.36. The van der Waals surface area contributed by atoms with Crippen LogP contribution in [0, 0.1) is 11.8 Å². The number of hydrogen-bond acceptors (Lipinski definition) is 4. The third-order valence-electron chi connectivity index (χ3n) is 1.89. The summed E-state index contributed by atoms with van der Waals surface area (Å²) >= 11 is 0. The molecule has 0 saturated carbocycles. The van der Waals surface area contributed by atoms with Crippen molar-refractivity contribution in [2.24, 2.45) is 5.18 Å². The van der Waals surface area contributed by atoms with Crippen molar-refractivity contribution in [1.82, 2.24) is 4.98 Å². The first-order valence-corrected chi connectivity index (χ1v) is 4.56. The molecule has 1 heterocycles. The number of aryl methyl sites for hydroxylation is 1. The fourth-order valence-corrected chi connectivity index (χ4v) is 0.959. The molecule has 0 aliphatic carbocycles. The van der Waals surface area contributed by atoms with Crippen molar-refractivity contribution in [3.05, 3.63) is 22.7 Å². The molecule has 0 aromatic carbocycles. The Balaban J connectivity index is 2.84. The average Bonchev–Trinajstić information content (AvgIpc) is 2.25. The monoisotopic (exact) mass is 270 g/mol. The molecule has 0 spiro atoms. The number of ether oxygens (including phenoxy) is 1. The zero-order chi connectivity index (χ0) is 14.0. The summed E-state index contributed by atoms with van der Waals surface area (Å²) in [6.45, 7) is -0.452. The molecular formula is C9H7F5N2O2. The second-order valence-corrected chi connectivity index (χ2v) is 3.36. The van der Waals surface area contributed by atoms with E-state index in [1.807, 2.05) is 0 Å². The highest BCUT2D eigenvalue weighted by Gasteiger charge is 2.58. The molecule has 1 aromatic rings. The maximum absolute atomic E-state index is 12.6. The van der Waals surface area contributed by atoms with Crippen molar-refractivity contribution in [2.75, 3.05) is 6.61 Å². The molecule has 9 heteroatoms. The van der Waals surface area contributed by atoms with Crippen molar-refractivity contribution < 1.29 is 26.7 Å². The van der Waals surface area contributed by atoms with Crippen LogP contribution in [-0.4, -0.2) is 23.7 Å². The van der Waals surface area contributed by atoms with Gasteiger partial charge in [-0.15, -0.1) is 4.91 Å². The highest BCUT2D eigenvalue weighted by molar-refractivity contribution is 5.45. The molecular weight excluding hydrogens is 263 g/mol. The van der Waals surface area contributed by atoms with Crippen molar-refractivity contribution in [3.63, 3.8) is 0 Å². The minimum atomic E-state index is -5.72. The van der Waals surface area contributed by atoms with Crippen molar-refractivity contribution in [1.29, 1.82) is 0 Å². The van der Waals surface area contributed by atoms with Gasteiger partial charge in [0.15, 0.2) is 12.4 Å². The van der Waals surface area contributed by atoms with E-state index in [1.165, 1.54) is 13.0 Å². The van der Waals surface area contributed by atoms with Crippen LogP contribution in [0.1, 0.15) is 5.69 Å². The molecule has 0 aliphatic heterocycles. The van der Waals surface area contributed by atoms with Crippen LogP contribution < -0.4 is 4.74 Å². The van der Waals surface area contributed by atoms with Gasteiger partial charge in [-0.2, -0.15) is 22.0 Å². The molecule has 1 aromatic heterocycles. The molecule has 0 bridgehead atoms. The predicted molar refractivity (Wildman–Crippen MR) is 50.9 cm³/mol. The maximum Gasteiger partial charge on any atom is 0.456 e. The van der Waals surface area contributed by atoms with Gasteiger partial charge in [0, 0.05) is 5.69 Å². The summed E-state index contributed by atoms with van der Waals surface area (Å²) in [5, 5.41) is 2.38. The molecule has 0 amide bonds. The lowest BCUT2D eigenvalue weighted by Gasteiger charge is -2.19. The van der Waals surface area contributed by atoms with Gasteiger partial charge in [-0.3, -0.25) is 0 Å². The first kappa shape index (κ1) is 14.3. The molecule has 1 rings (SSSR count). The van der Waals surface area contributed by atoms with Gasteiger partial charge < -0.3 is 4.74 Å². The second kappa shape index (κ2) is 4.83. The average molecular weight is 270 g/mol. The van der Waals surface area contributed by atoms with Gasteiger partial charge >= 0.3 is 12.1 Å². The standard InChI is InChI=1S/C9H7F5N2O2/c1-5-2-3-6(7(15-5)16-17)18-4-8(10,11)9(12,13)14/h2-3H,4H2,1H3. The summed E-state index contributed by atoms with van der Waals surface area (Å²) in [7, 11) is 0. The fourth-order valence-electron chi connectivity index (χ4n) is 0.959. The fraction of sp³-hybridized carbons (Fsp3) is 0.444.